The van der Waals surface area contributed by atoms with Crippen molar-refractivity contribution >= 4 is 5.91 Å². The highest BCUT2D eigenvalue weighted by Crippen LogP contribution is 2.23. The number of carbonyl (C=O) groups excluding carboxylic acids is 1. The first-order chi connectivity index (χ1) is 10.7. The quantitative estimate of drug-likeness (QED) is 0.912. The Balaban J connectivity index is 1.61. The molecule has 4 nitrogen and oxygen atoms in total. The van der Waals surface area contributed by atoms with Crippen LogP contribution in [0, 0.1) is 5.92 Å². The van der Waals surface area contributed by atoms with Gasteiger partial charge in [-0.2, -0.15) is 0 Å². The van der Waals surface area contributed by atoms with Gasteiger partial charge < -0.3 is 15.0 Å². The van der Waals surface area contributed by atoms with E-state index in [1.54, 1.807) is 0 Å². The number of hydrogen-bond acceptors (Lipinski definition) is 2. The number of carbonyl (C=O) groups is 1. The van der Waals surface area contributed by atoms with Crippen LogP contribution in [0.3, 0.4) is 0 Å². The fourth-order valence-corrected chi connectivity index (χ4v) is 3.10. The molecule has 2 unspecified atom stereocenters. The monoisotopic (exact) mass is 298 g/mol. The molecule has 0 spiro atoms. The number of nitrogens with one attached hydrogen (secondary N) is 1. The molecular formula is C18H22N2O2. The van der Waals surface area contributed by atoms with E-state index in [4.69, 9.17) is 0 Å². The van der Waals surface area contributed by atoms with Crippen LogP contribution in [0.25, 0.3) is 5.69 Å². The first-order valence-electron chi connectivity index (χ1n) is 7.92. The van der Waals surface area contributed by atoms with Crippen LogP contribution < -0.4 is 5.32 Å². The van der Waals surface area contributed by atoms with E-state index >= 15 is 0 Å². The minimum atomic E-state index is -0.201. The summed E-state index contributed by atoms with van der Waals surface area (Å²) in [6, 6.07) is 11.5. The molecule has 2 N–H and O–H groups in total. The topological polar surface area (TPSA) is 54.3 Å². The van der Waals surface area contributed by atoms with Crippen LogP contribution in [0.15, 0.2) is 48.8 Å². The third-order valence-electron chi connectivity index (χ3n) is 4.32. The van der Waals surface area contributed by atoms with Crippen molar-refractivity contribution in [1.29, 1.82) is 0 Å². The molecule has 1 fully saturated rings. The van der Waals surface area contributed by atoms with Gasteiger partial charge in [-0.15, -0.1) is 0 Å². The van der Waals surface area contributed by atoms with Gasteiger partial charge >= 0.3 is 0 Å². The molecule has 2 atom stereocenters. The van der Waals surface area contributed by atoms with Crippen LogP contribution in [-0.4, -0.2) is 28.2 Å². The summed E-state index contributed by atoms with van der Waals surface area (Å²) in [5.41, 5.74) is 1.65. The Bertz CT molecular complexity index is 622. The minimum Gasteiger partial charge on any atom is -0.393 e. The Morgan fingerprint density at radius 1 is 1.23 bits per heavy atom. The molecule has 22 heavy (non-hydrogen) atoms. The van der Waals surface area contributed by atoms with Crippen molar-refractivity contribution < 1.29 is 9.90 Å². The van der Waals surface area contributed by atoms with Gasteiger partial charge in [0.2, 0.25) is 0 Å². The average Bonchev–Trinajstić information content (AvgIpc) is 3.07. The second kappa shape index (κ2) is 6.79. The molecule has 0 aliphatic heterocycles. The first kappa shape index (κ1) is 14.9. The van der Waals surface area contributed by atoms with Crippen molar-refractivity contribution in [3.8, 4) is 5.69 Å². The molecular weight excluding hydrogens is 276 g/mol. The van der Waals surface area contributed by atoms with Gasteiger partial charge in [-0.05, 0) is 55.5 Å². The van der Waals surface area contributed by atoms with Gasteiger partial charge in [-0.3, -0.25) is 4.79 Å². The van der Waals surface area contributed by atoms with Crippen molar-refractivity contribution in [1.82, 2.24) is 9.88 Å². The van der Waals surface area contributed by atoms with Gasteiger partial charge in [0.1, 0.15) is 0 Å². The van der Waals surface area contributed by atoms with Crippen molar-refractivity contribution in [3.05, 3.63) is 54.4 Å². The number of nitrogens with zero attached hydrogens (tertiary/aromatic N) is 1. The van der Waals surface area contributed by atoms with Gasteiger partial charge in [-0.1, -0.05) is 12.5 Å². The SMILES string of the molecule is O=C(NCC1CCCC(O)C1)c1cccc(-n2cccc2)c1. The fraction of sp³-hybridized carbons (Fsp3) is 0.389. The molecule has 0 bridgehead atoms. The van der Waals surface area contributed by atoms with E-state index in [9.17, 15) is 9.90 Å². The van der Waals surface area contributed by atoms with Crippen LogP contribution in [0.4, 0.5) is 0 Å². The number of amides is 1. The summed E-state index contributed by atoms with van der Waals surface area (Å²) in [7, 11) is 0. The Labute approximate surface area is 130 Å². The molecule has 0 radical (unpaired) electrons. The predicted molar refractivity (Wildman–Crippen MR) is 86.1 cm³/mol. The molecule has 1 aromatic heterocycles. The zero-order chi connectivity index (χ0) is 15.4. The Hall–Kier alpha value is -2.07. The zero-order valence-electron chi connectivity index (χ0n) is 12.6. The Kier molecular flexibility index (Phi) is 4.59. The van der Waals surface area contributed by atoms with Gasteiger partial charge in [0, 0.05) is 30.2 Å². The standard InChI is InChI=1S/C18H22N2O2/c21-17-8-3-5-14(11-17)13-19-18(22)15-6-4-7-16(12-15)20-9-1-2-10-20/h1-2,4,6-7,9-10,12,14,17,21H,3,5,8,11,13H2,(H,19,22). The number of rotatable bonds is 4. The number of benzene rings is 1. The molecule has 2 aromatic rings. The molecule has 0 saturated heterocycles. The van der Waals surface area contributed by atoms with Crippen molar-refractivity contribution in [2.24, 2.45) is 5.92 Å². The molecule has 1 amide bonds. The second-order valence-electron chi connectivity index (χ2n) is 6.04. The lowest BCUT2D eigenvalue weighted by Gasteiger charge is -2.25. The molecule has 3 rings (SSSR count). The van der Waals surface area contributed by atoms with Gasteiger partial charge in [0.25, 0.3) is 5.91 Å². The van der Waals surface area contributed by atoms with Crippen molar-refractivity contribution in [2.75, 3.05) is 6.54 Å². The van der Waals surface area contributed by atoms with E-state index in [1.165, 1.54) is 0 Å². The molecule has 116 valence electrons. The van der Waals surface area contributed by atoms with Gasteiger partial charge in [0.05, 0.1) is 6.10 Å². The largest absolute Gasteiger partial charge is 0.393 e. The van der Waals surface area contributed by atoms with Crippen LogP contribution in [-0.2, 0) is 0 Å². The van der Waals surface area contributed by atoms with E-state index in [1.807, 2.05) is 53.4 Å². The third kappa shape index (κ3) is 3.57. The lowest BCUT2D eigenvalue weighted by atomic mass is 9.87. The van der Waals surface area contributed by atoms with Crippen molar-refractivity contribution in [2.45, 2.75) is 31.8 Å². The number of hydrogen-bond donors (Lipinski definition) is 2. The summed E-state index contributed by atoms with van der Waals surface area (Å²) in [5.74, 6) is 0.342. The van der Waals surface area contributed by atoms with E-state index < -0.39 is 0 Å². The molecule has 1 aliphatic rings. The predicted octanol–water partition coefficient (Wildman–Crippen LogP) is 2.76. The summed E-state index contributed by atoms with van der Waals surface area (Å²) >= 11 is 0. The van der Waals surface area contributed by atoms with E-state index in [2.05, 4.69) is 5.32 Å². The highest BCUT2D eigenvalue weighted by Gasteiger charge is 2.20. The van der Waals surface area contributed by atoms with Gasteiger partial charge in [-0.25, -0.2) is 0 Å². The molecule has 1 saturated carbocycles. The first-order valence-corrected chi connectivity index (χ1v) is 7.92. The summed E-state index contributed by atoms with van der Waals surface area (Å²) in [5, 5.41) is 12.7. The maximum atomic E-state index is 12.3. The second-order valence-corrected chi connectivity index (χ2v) is 6.04. The normalized spacial score (nSPS) is 21.5. The number of aliphatic hydroxyl groups excluding tert-OH is 1. The smallest absolute Gasteiger partial charge is 0.251 e. The number of aliphatic hydroxyl groups is 1. The highest BCUT2D eigenvalue weighted by molar-refractivity contribution is 5.94. The summed E-state index contributed by atoms with van der Waals surface area (Å²) in [4.78, 5) is 12.3. The maximum absolute atomic E-state index is 12.3. The Morgan fingerprint density at radius 2 is 2.05 bits per heavy atom. The van der Waals surface area contributed by atoms with E-state index in [-0.39, 0.29) is 12.0 Å². The van der Waals surface area contributed by atoms with Gasteiger partial charge in [0.15, 0.2) is 0 Å². The average molecular weight is 298 g/mol. The molecule has 1 heterocycles. The lowest BCUT2D eigenvalue weighted by Crippen LogP contribution is -2.33. The minimum absolute atomic E-state index is 0.0472. The highest BCUT2D eigenvalue weighted by atomic mass is 16.3. The molecule has 1 aromatic carbocycles. The summed E-state index contributed by atoms with van der Waals surface area (Å²) in [6.45, 7) is 0.643. The summed E-state index contributed by atoms with van der Waals surface area (Å²) < 4.78 is 1.98. The fourth-order valence-electron chi connectivity index (χ4n) is 3.10. The van der Waals surface area contributed by atoms with E-state index in [0.29, 0.717) is 18.0 Å². The zero-order valence-corrected chi connectivity index (χ0v) is 12.6. The third-order valence-corrected chi connectivity index (χ3v) is 4.32. The lowest BCUT2D eigenvalue weighted by molar-refractivity contribution is 0.0874. The Morgan fingerprint density at radius 3 is 2.82 bits per heavy atom. The van der Waals surface area contributed by atoms with Crippen LogP contribution in [0.5, 0.6) is 0 Å². The summed E-state index contributed by atoms with van der Waals surface area (Å²) in [6.07, 6.45) is 7.53. The number of aromatic nitrogens is 1. The molecule has 4 heteroatoms. The van der Waals surface area contributed by atoms with Crippen LogP contribution >= 0.6 is 0 Å². The van der Waals surface area contributed by atoms with E-state index in [0.717, 1.165) is 31.4 Å². The van der Waals surface area contributed by atoms with Crippen molar-refractivity contribution in [3.63, 3.8) is 0 Å². The van der Waals surface area contributed by atoms with Crippen LogP contribution in [0.2, 0.25) is 0 Å². The maximum Gasteiger partial charge on any atom is 0.251 e. The molecule has 1 aliphatic carbocycles. The van der Waals surface area contributed by atoms with Crippen LogP contribution in [0.1, 0.15) is 36.0 Å².